The second-order valence-corrected chi connectivity index (χ2v) is 3.71. The average molecular weight is 243 g/mol. The molecular weight excluding hydrogens is 235 g/mol. The topological polar surface area (TPSA) is 37.9 Å². The number of ether oxygens (including phenoxy) is 1. The normalized spacial score (nSPS) is 10.3. The Morgan fingerprint density at radius 2 is 2.13 bits per heavy atom. The van der Waals surface area contributed by atoms with Crippen molar-refractivity contribution in [3.8, 4) is 5.75 Å². The highest BCUT2D eigenvalue weighted by Crippen LogP contribution is 2.26. The minimum atomic E-state index is 0.380. The maximum atomic E-state index is 5.84. The third kappa shape index (κ3) is 2.64. The van der Waals surface area contributed by atoms with Crippen molar-refractivity contribution < 1.29 is 4.74 Å². The van der Waals surface area contributed by atoms with Crippen LogP contribution in [-0.4, -0.2) is 9.97 Å². The molecule has 0 fully saturated rings. The van der Waals surface area contributed by atoms with Crippen molar-refractivity contribution in [2.24, 2.45) is 0 Å². The van der Waals surface area contributed by atoms with E-state index in [1.54, 1.807) is 30.6 Å². The van der Waals surface area contributed by atoms with E-state index in [1.165, 1.54) is 0 Å². The molecule has 5 heteroatoms. The van der Waals surface area contributed by atoms with Gasteiger partial charge in [-0.05, 0) is 12.1 Å². The zero-order valence-electron chi connectivity index (χ0n) is 7.71. The molecule has 2 rings (SSSR count). The largest absolute Gasteiger partial charge is 0.486 e. The first-order chi connectivity index (χ1) is 7.25. The molecule has 0 atom stereocenters. The number of hydrogen-bond acceptors (Lipinski definition) is 2. The number of nitrogens with one attached hydrogen (secondary N) is 1. The number of halogens is 2. The lowest BCUT2D eigenvalue weighted by molar-refractivity contribution is 0.297. The molecular formula is C10H8Cl2N2O. The Kier molecular flexibility index (Phi) is 3.14. The van der Waals surface area contributed by atoms with E-state index in [0.717, 1.165) is 5.82 Å². The van der Waals surface area contributed by atoms with Gasteiger partial charge >= 0.3 is 0 Å². The highest BCUT2D eigenvalue weighted by molar-refractivity contribution is 6.42. The van der Waals surface area contributed by atoms with E-state index in [1.807, 2.05) is 0 Å². The Morgan fingerprint density at radius 3 is 2.80 bits per heavy atom. The standard InChI is InChI=1S/C10H8Cl2N2O/c11-8-2-1-7(5-9(8)12)15-6-10-13-3-4-14-10/h1-5H,6H2,(H,13,14). The summed E-state index contributed by atoms with van der Waals surface area (Å²) < 4.78 is 5.45. The Balaban J connectivity index is 2.02. The number of rotatable bonds is 3. The van der Waals surface area contributed by atoms with Crippen LogP contribution in [0.25, 0.3) is 0 Å². The first kappa shape index (κ1) is 10.3. The third-order valence-corrected chi connectivity index (χ3v) is 2.56. The molecule has 3 nitrogen and oxygen atoms in total. The van der Waals surface area contributed by atoms with Crippen LogP contribution in [0.4, 0.5) is 0 Å². The van der Waals surface area contributed by atoms with Gasteiger partial charge in [0, 0.05) is 18.5 Å². The highest BCUT2D eigenvalue weighted by Gasteiger charge is 2.01. The van der Waals surface area contributed by atoms with E-state index >= 15 is 0 Å². The van der Waals surface area contributed by atoms with Crippen LogP contribution in [0.3, 0.4) is 0 Å². The fourth-order valence-electron chi connectivity index (χ4n) is 1.10. The molecule has 1 aromatic heterocycles. The summed E-state index contributed by atoms with van der Waals surface area (Å²) in [5.41, 5.74) is 0. The number of H-pyrrole nitrogens is 1. The first-order valence-corrected chi connectivity index (χ1v) is 5.07. The van der Waals surface area contributed by atoms with E-state index in [0.29, 0.717) is 22.4 Å². The maximum absolute atomic E-state index is 5.84. The van der Waals surface area contributed by atoms with Gasteiger partial charge in [-0.3, -0.25) is 0 Å². The van der Waals surface area contributed by atoms with Crippen molar-refractivity contribution in [1.82, 2.24) is 9.97 Å². The second kappa shape index (κ2) is 4.55. The third-order valence-electron chi connectivity index (χ3n) is 1.82. The number of imidazole rings is 1. The summed E-state index contributed by atoms with van der Waals surface area (Å²) in [7, 11) is 0. The van der Waals surface area contributed by atoms with E-state index in [4.69, 9.17) is 27.9 Å². The molecule has 0 unspecified atom stereocenters. The van der Waals surface area contributed by atoms with Gasteiger partial charge in [-0.25, -0.2) is 4.98 Å². The van der Waals surface area contributed by atoms with Gasteiger partial charge in [0.15, 0.2) is 0 Å². The van der Waals surface area contributed by atoms with E-state index < -0.39 is 0 Å². The summed E-state index contributed by atoms with van der Waals surface area (Å²) in [5.74, 6) is 1.43. The Labute approximate surface area is 97.0 Å². The van der Waals surface area contributed by atoms with Crippen LogP contribution < -0.4 is 4.74 Å². The van der Waals surface area contributed by atoms with Crippen LogP contribution in [0.2, 0.25) is 10.0 Å². The molecule has 0 radical (unpaired) electrons. The predicted octanol–water partition coefficient (Wildman–Crippen LogP) is 3.30. The highest BCUT2D eigenvalue weighted by atomic mass is 35.5. The summed E-state index contributed by atoms with van der Waals surface area (Å²) in [6, 6.07) is 5.13. The first-order valence-electron chi connectivity index (χ1n) is 4.32. The van der Waals surface area contributed by atoms with Gasteiger partial charge in [-0.15, -0.1) is 0 Å². The van der Waals surface area contributed by atoms with Crippen LogP contribution >= 0.6 is 23.2 Å². The lowest BCUT2D eigenvalue weighted by Gasteiger charge is -2.04. The van der Waals surface area contributed by atoms with Crippen molar-refractivity contribution in [2.45, 2.75) is 6.61 Å². The molecule has 1 aromatic carbocycles. The van der Waals surface area contributed by atoms with Crippen molar-refractivity contribution in [3.63, 3.8) is 0 Å². The van der Waals surface area contributed by atoms with Crippen LogP contribution in [0.1, 0.15) is 5.82 Å². The van der Waals surface area contributed by atoms with Gasteiger partial charge in [0.1, 0.15) is 18.2 Å². The summed E-state index contributed by atoms with van der Waals surface area (Å²) >= 11 is 11.6. The molecule has 0 saturated heterocycles. The monoisotopic (exact) mass is 242 g/mol. The Morgan fingerprint density at radius 1 is 1.27 bits per heavy atom. The summed E-state index contributed by atoms with van der Waals surface area (Å²) in [6.45, 7) is 0.380. The van der Waals surface area contributed by atoms with E-state index in [-0.39, 0.29) is 0 Å². The van der Waals surface area contributed by atoms with Crippen LogP contribution in [0.15, 0.2) is 30.6 Å². The second-order valence-electron chi connectivity index (χ2n) is 2.90. The van der Waals surface area contributed by atoms with Gasteiger partial charge in [0.2, 0.25) is 0 Å². The molecule has 0 aliphatic heterocycles. The van der Waals surface area contributed by atoms with Crippen molar-refractivity contribution in [2.75, 3.05) is 0 Å². The lowest BCUT2D eigenvalue weighted by Crippen LogP contribution is -1.97. The molecule has 1 heterocycles. The van der Waals surface area contributed by atoms with Crippen molar-refractivity contribution in [1.29, 1.82) is 0 Å². The fourth-order valence-corrected chi connectivity index (χ4v) is 1.38. The zero-order valence-corrected chi connectivity index (χ0v) is 9.22. The Hall–Kier alpha value is -1.19. The Bertz CT molecular complexity index is 443. The number of hydrogen-bond donors (Lipinski definition) is 1. The lowest BCUT2D eigenvalue weighted by atomic mass is 10.3. The summed E-state index contributed by atoms with van der Waals surface area (Å²) in [4.78, 5) is 6.97. The maximum Gasteiger partial charge on any atom is 0.146 e. The van der Waals surface area contributed by atoms with Gasteiger partial charge < -0.3 is 9.72 Å². The summed E-state index contributed by atoms with van der Waals surface area (Å²) in [5, 5.41) is 0.996. The minimum absolute atomic E-state index is 0.380. The van der Waals surface area contributed by atoms with Crippen LogP contribution in [-0.2, 0) is 6.61 Å². The predicted molar refractivity (Wildman–Crippen MR) is 59.4 cm³/mol. The average Bonchev–Trinajstić information content (AvgIpc) is 2.73. The van der Waals surface area contributed by atoms with Gasteiger partial charge in [-0.1, -0.05) is 23.2 Å². The fraction of sp³-hybridized carbons (Fsp3) is 0.100. The smallest absolute Gasteiger partial charge is 0.146 e. The van der Waals surface area contributed by atoms with Gasteiger partial charge in [-0.2, -0.15) is 0 Å². The quantitative estimate of drug-likeness (QED) is 0.897. The number of aromatic nitrogens is 2. The molecule has 0 saturated carbocycles. The number of aromatic amines is 1. The molecule has 0 spiro atoms. The minimum Gasteiger partial charge on any atom is -0.486 e. The van der Waals surface area contributed by atoms with Crippen molar-refractivity contribution in [3.05, 3.63) is 46.5 Å². The zero-order chi connectivity index (χ0) is 10.7. The SMILES string of the molecule is Clc1ccc(OCc2ncc[nH]2)cc1Cl. The van der Waals surface area contributed by atoms with Crippen molar-refractivity contribution >= 4 is 23.2 Å². The van der Waals surface area contributed by atoms with Gasteiger partial charge in [0.05, 0.1) is 10.0 Å². The molecule has 15 heavy (non-hydrogen) atoms. The van der Waals surface area contributed by atoms with E-state index in [2.05, 4.69) is 9.97 Å². The molecule has 78 valence electrons. The molecule has 2 aromatic rings. The molecule has 0 aliphatic rings. The number of nitrogens with zero attached hydrogens (tertiary/aromatic N) is 1. The van der Waals surface area contributed by atoms with Crippen LogP contribution in [0.5, 0.6) is 5.75 Å². The summed E-state index contributed by atoms with van der Waals surface area (Å²) in [6.07, 6.45) is 3.42. The molecule has 0 aliphatic carbocycles. The van der Waals surface area contributed by atoms with Gasteiger partial charge in [0.25, 0.3) is 0 Å². The number of benzene rings is 1. The van der Waals surface area contributed by atoms with E-state index in [9.17, 15) is 0 Å². The molecule has 1 N–H and O–H groups in total. The van der Waals surface area contributed by atoms with Crippen LogP contribution in [0, 0.1) is 0 Å². The molecule has 0 bridgehead atoms. The molecule has 0 amide bonds.